The number of amidine groups is 1. The van der Waals surface area contributed by atoms with Gasteiger partial charge in [-0.05, 0) is 59.8 Å². The molecule has 1 aliphatic heterocycles. The number of phenolic OH excluding ortho intramolecular Hbond substituents is 1. The number of hydrogen-bond donors (Lipinski definition) is 1. The Morgan fingerprint density at radius 3 is 2.39 bits per heavy atom. The van der Waals surface area contributed by atoms with Gasteiger partial charge in [0.2, 0.25) is 0 Å². The summed E-state index contributed by atoms with van der Waals surface area (Å²) in [6.45, 7) is 0. The number of likely N-dealkylation sites (N-methyl/N-ethyl adjacent to an activating group) is 1. The van der Waals surface area contributed by atoms with Crippen molar-refractivity contribution >= 4 is 63.8 Å². The number of carbonyl (C=O) groups excluding carboxylic acids is 2. The van der Waals surface area contributed by atoms with Crippen molar-refractivity contribution in [3.63, 3.8) is 0 Å². The van der Waals surface area contributed by atoms with E-state index < -0.39 is 5.97 Å². The maximum Gasteiger partial charge on any atom is 0.337 e. The van der Waals surface area contributed by atoms with Crippen LogP contribution >= 0.6 is 35.0 Å². The zero-order valence-corrected chi connectivity index (χ0v) is 17.1. The van der Waals surface area contributed by atoms with Gasteiger partial charge in [0.1, 0.15) is 0 Å². The Hall–Kier alpha value is -2.48. The number of hydrogen-bond acceptors (Lipinski definition) is 6. The Balaban J connectivity index is 1.87. The molecule has 6 nitrogen and oxygen atoms in total. The number of phenols is 1. The Bertz CT molecular complexity index is 996. The standard InChI is InChI=1S/C19H14Cl2N2O4S/c1-23-17(25)15(9-10-7-13(20)16(24)14(21)8-10)28-19(23)22-12-5-3-11(4-6-12)18(26)27-2/h3-9,24H,1-2H3/b15-9-,22-19?. The molecule has 1 amide bonds. The Morgan fingerprint density at radius 1 is 1.21 bits per heavy atom. The largest absolute Gasteiger partial charge is 0.505 e. The van der Waals surface area contributed by atoms with Crippen LogP contribution in [-0.4, -0.2) is 41.2 Å². The molecule has 0 unspecified atom stereocenters. The van der Waals surface area contributed by atoms with Crippen LogP contribution in [0.5, 0.6) is 5.75 Å². The molecular formula is C19H14Cl2N2O4S. The minimum atomic E-state index is -0.432. The smallest absolute Gasteiger partial charge is 0.337 e. The summed E-state index contributed by atoms with van der Waals surface area (Å²) in [7, 11) is 2.93. The lowest BCUT2D eigenvalue weighted by molar-refractivity contribution is -0.121. The maximum absolute atomic E-state index is 12.5. The molecule has 0 aliphatic carbocycles. The van der Waals surface area contributed by atoms with Crippen molar-refractivity contribution in [2.24, 2.45) is 4.99 Å². The Kier molecular flexibility index (Phi) is 5.98. The summed E-state index contributed by atoms with van der Waals surface area (Å²) in [6, 6.07) is 9.57. The van der Waals surface area contributed by atoms with Crippen LogP contribution < -0.4 is 0 Å². The van der Waals surface area contributed by atoms with E-state index in [1.54, 1.807) is 37.4 Å². The van der Waals surface area contributed by atoms with Gasteiger partial charge in [0.05, 0.1) is 33.3 Å². The zero-order chi connectivity index (χ0) is 20.4. The number of ether oxygens (including phenoxy) is 1. The molecule has 2 aromatic carbocycles. The maximum atomic E-state index is 12.5. The molecule has 144 valence electrons. The van der Waals surface area contributed by atoms with E-state index in [4.69, 9.17) is 23.2 Å². The molecule has 0 saturated carbocycles. The molecule has 3 rings (SSSR count). The average Bonchev–Trinajstić information content (AvgIpc) is 2.94. The van der Waals surface area contributed by atoms with E-state index in [1.807, 2.05) is 0 Å². The van der Waals surface area contributed by atoms with Gasteiger partial charge in [-0.25, -0.2) is 9.79 Å². The van der Waals surface area contributed by atoms with E-state index >= 15 is 0 Å². The molecule has 0 spiro atoms. The third kappa shape index (κ3) is 4.16. The van der Waals surface area contributed by atoms with Crippen molar-refractivity contribution in [3.8, 4) is 5.75 Å². The number of amides is 1. The molecule has 1 fully saturated rings. The van der Waals surface area contributed by atoms with Gasteiger partial charge in [0.15, 0.2) is 10.9 Å². The summed E-state index contributed by atoms with van der Waals surface area (Å²) in [6.07, 6.45) is 1.63. The van der Waals surface area contributed by atoms with Crippen molar-refractivity contribution in [2.45, 2.75) is 0 Å². The van der Waals surface area contributed by atoms with Crippen LogP contribution in [0.15, 0.2) is 46.3 Å². The van der Waals surface area contributed by atoms with Crippen molar-refractivity contribution < 1.29 is 19.4 Å². The van der Waals surface area contributed by atoms with E-state index in [-0.39, 0.29) is 21.7 Å². The number of benzene rings is 2. The highest BCUT2D eigenvalue weighted by atomic mass is 35.5. The molecule has 1 saturated heterocycles. The summed E-state index contributed by atoms with van der Waals surface area (Å²) in [5, 5.41) is 10.3. The predicted molar refractivity (Wildman–Crippen MR) is 111 cm³/mol. The molecular weight excluding hydrogens is 423 g/mol. The Morgan fingerprint density at radius 2 is 1.82 bits per heavy atom. The van der Waals surface area contributed by atoms with E-state index in [2.05, 4.69) is 9.73 Å². The number of methoxy groups -OCH3 is 1. The summed E-state index contributed by atoms with van der Waals surface area (Å²) in [5.74, 6) is -0.862. The van der Waals surface area contributed by atoms with Gasteiger partial charge >= 0.3 is 5.97 Å². The first-order valence-corrected chi connectivity index (χ1v) is 9.50. The average molecular weight is 437 g/mol. The minimum absolute atomic E-state index is 0.0998. The number of rotatable bonds is 3. The van der Waals surface area contributed by atoms with Crippen LogP contribution in [-0.2, 0) is 9.53 Å². The van der Waals surface area contributed by atoms with Crippen LogP contribution in [0.25, 0.3) is 6.08 Å². The first-order chi connectivity index (χ1) is 13.3. The molecule has 2 aromatic rings. The van der Waals surface area contributed by atoms with Crippen LogP contribution in [0.1, 0.15) is 15.9 Å². The first-order valence-electron chi connectivity index (χ1n) is 7.93. The Labute approximate surface area is 175 Å². The van der Waals surface area contributed by atoms with E-state index in [1.165, 1.54) is 35.9 Å². The second-order valence-corrected chi connectivity index (χ2v) is 7.56. The lowest BCUT2D eigenvalue weighted by atomic mass is 10.2. The van der Waals surface area contributed by atoms with Crippen molar-refractivity contribution in [2.75, 3.05) is 14.2 Å². The van der Waals surface area contributed by atoms with Crippen molar-refractivity contribution in [1.29, 1.82) is 0 Å². The SMILES string of the molecule is COC(=O)c1ccc(N=C2S/C(=C\c3cc(Cl)c(O)c(Cl)c3)C(=O)N2C)cc1. The predicted octanol–water partition coefficient (Wildman–Crippen LogP) is 4.72. The topological polar surface area (TPSA) is 79.2 Å². The number of thioether (sulfide) groups is 1. The highest BCUT2D eigenvalue weighted by Gasteiger charge is 2.30. The van der Waals surface area contributed by atoms with Gasteiger partial charge in [-0.15, -0.1) is 0 Å². The molecule has 1 heterocycles. The quantitative estimate of drug-likeness (QED) is 0.556. The number of halogens is 2. The molecule has 0 aromatic heterocycles. The van der Waals surface area contributed by atoms with Gasteiger partial charge in [0.25, 0.3) is 5.91 Å². The monoisotopic (exact) mass is 436 g/mol. The number of esters is 1. The summed E-state index contributed by atoms with van der Waals surface area (Å²) < 4.78 is 4.66. The summed E-state index contributed by atoms with van der Waals surface area (Å²) in [4.78, 5) is 30.3. The van der Waals surface area contributed by atoms with Crippen LogP contribution in [0.2, 0.25) is 10.0 Å². The molecule has 0 atom stereocenters. The van der Waals surface area contributed by atoms with Crippen LogP contribution in [0.3, 0.4) is 0 Å². The minimum Gasteiger partial charge on any atom is -0.505 e. The molecule has 0 radical (unpaired) electrons. The lowest BCUT2D eigenvalue weighted by Gasteiger charge is -2.07. The van der Waals surface area contributed by atoms with Gasteiger partial charge in [-0.1, -0.05) is 23.2 Å². The molecule has 0 bridgehead atoms. The fourth-order valence-electron chi connectivity index (χ4n) is 2.37. The first kappa shape index (κ1) is 20.3. The fourth-order valence-corrected chi connectivity index (χ4v) is 3.86. The number of aliphatic imine (C=N–C) groups is 1. The third-order valence-electron chi connectivity index (χ3n) is 3.85. The lowest BCUT2D eigenvalue weighted by Crippen LogP contribution is -2.23. The molecule has 28 heavy (non-hydrogen) atoms. The highest BCUT2D eigenvalue weighted by Crippen LogP contribution is 2.36. The van der Waals surface area contributed by atoms with Crippen LogP contribution in [0, 0.1) is 0 Å². The normalized spacial score (nSPS) is 16.9. The second kappa shape index (κ2) is 8.26. The molecule has 1 N–H and O–H groups in total. The number of nitrogens with zero attached hydrogens (tertiary/aromatic N) is 2. The van der Waals surface area contributed by atoms with Gasteiger partial charge in [-0.3, -0.25) is 9.69 Å². The van der Waals surface area contributed by atoms with Crippen LogP contribution in [0.4, 0.5) is 5.69 Å². The van der Waals surface area contributed by atoms with Gasteiger partial charge < -0.3 is 9.84 Å². The zero-order valence-electron chi connectivity index (χ0n) is 14.8. The van der Waals surface area contributed by atoms with E-state index in [0.717, 1.165) is 0 Å². The van der Waals surface area contributed by atoms with Gasteiger partial charge in [0, 0.05) is 7.05 Å². The van der Waals surface area contributed by atoms with Crippen molar-refractivity contribution in [1.82, 2.24) is 4.90 Å². The van der Waals surface area contributed by atoms with Crippen molar-refractivity contribution in [3.05, 3.63) is 62.5 Å². The molecule has 1 aliphatic rings. The number of carbonyl (C=O) groups is 2. The number of aromatic hydroxyl groups is 1. The summed E-state index contributed by atoms with van der Waals surface area (Å²) >= 11 is 13.1. The fraction of sp³-hybridized carbons (Fsp3) is 0.105. The highest BCUT2D eigenvalue weighted by molar-refractivity contribution is 8.18. The van der Waals surface area contributed by atoms with Gasteiger partial charge in [-0.2, -0.15) is 0 Å². The molecule has 9 heteroatoms. The van der Waals surface area contributed by atoms with E-state index in [0.29, 0.717) is 26.9 Å². The van der Waals surface area contributed by atoms with E-state index in [9.17, 15) is 14.7 Å². The second-order valence-electron chi connectivity index (χ2n) is 5.74. The third-order valence-corrected chi connectivity index (χ3v) is 5.49. The summed E-state index contributed by atoms with van der Waals surface area (Å²) in [5.41, 5.74) is 1.59.